The van der Waals surface area contributed by atoms with Crippen LogP contribution in [0.2, 0.25) is 0 Å². The number of hydrogen-bond donors (Lipinski definition) is 2. The van der Waals surface area contributed by atoms with Crippen molar-refractivity contribution < 1.29 is 9.53 Å². The van der Waals surface area contributed by atoms with E-state index in [1.54, 1.807) is 25.4 Å². The van der Waals surface area contributed by atoms with E-state index in [4.69, 9.17) is 21.6 Å². The van der Waals surface area contributed by atoms with Gasteiger partial charge in [0.2, 0.25) is 5.91 Å². The number of pyridine rings is 2. The molecule has 0 bridgehead atoms. The van der Waals surface area contributed by atoms with Gasteiger partial charge in [-0.15, -0.1) is 11.6 Å². The predicted molar refractivity (Wildman–Crippen MR) is 125 cm³/mol. The monoisotopic (exact) mass is 469 g/mol. The van der Waals surface area contributed by atoms with E-state index in [-0.39, 0.29) is 52.6 Å². The summed E-state index contributed by atoms with van der Waals surface area (Å²) in [6, 6.07) is 10.6. The van der Waals surface area contributed by atoms with Crippen LogP contribution in [0.5, 0.6) is 0 Å². The van der Waals surface area contributed by atoms with Crippen LogP contribution in [-0.4, -0.2) is 39.0 Å². The van der Waals surface area contributed by atoms with E-state index in [1.165, 1.54) is 4.57 Å². The summed E-state index contributed by atoms with van der Waals surface area (Å²) in [4.78, 5) is 29.8. The van der Waals surface area contributed by atoms with Gasteiger partial charge in [0.1, 0.15) is 17.5 Å². The molecule has 2 N–H and O–H groups in total. The Balaban J connectivity index is 1.38. The lowest BCUT2D eigenvalue weighted by atomic mass is 9.73. The maximum absolute atomic E-state index is 12.9. The van der Waals surface area contributed by atoms with Crippen LogP contribution in [0.1, 0.15) is 37.6 Å². The van der Waals surface area contributed by atoms with Crippen molar-refractivity contribution in [2.45, 2.75) is 56.4 Å². The van der Waals surface area contributed by atoms with Gasteiger partial charge in [-0.2, -0.15) is 5.26 Å². The molecule has 4 rings (SSSR count). The second-order valence-corrected chi connectivity index (χ2v) is 9.48. The molecule has 1 saturated heterocycles. The smallest absolute Gasteiger partial charge is 0.274 e. The molecule has 1 amide bonds. The van der Waals surface area contributed by atoms with Crippen LogP contribution in [0.3, 0.4) is 0 Å². The molecule has 6 atom stereocenters. The average Bonchev–Trinajstić information content (AvgIpc) is 2.81. The second-order valence-electron chi connectivity index (χ2n) is 8.92. The zero-order chi connectivity index (χ0) is 23.5. The Kier molecular flexibility index (Phi) is 7.01. The lowest BCUT2D eigenvalue weighted by Gasteiger charge is -2.45. The number of carbonyl (C=O) groups is 1. The third-order valence-corrected chi connectivity index (χ3v) is 7.24. The largest absolute Gasteiger partial charge is 0.377 e. The lowest BCUT2D eigenvalue weighted by molar-refractivity contribution is -0.131. The molecule has 33 heavy (non-hydrogen) atoms. The molecule has 2 aromatic heterocycles. The van der Waals surface area contributed by atoms with Crippen molar-refractivity contribution in [3.8, 4) is 6.07 Å². The highest BCUT2D eigenvalue weighted by molar-refractivity contribution is 6.21. The molecule has 3 heterocycles. The molecule has 2 fully saturated rings. The highest BCUT2D eigenvalue weighted by atomic mass is 35.5. The number of carbonyl (C=O) groups excluding carboxylic acids is 1. The maximum Gasteiger partial charge on any atom is 0.274 e. The summed E-state index contributed by atoms with van der Waals surface area (Å²) in [6.07, 6.45) is 3.70. The van der Waals surface area contributed by atoms with Gasteiger partial charge in [0, 0.05) is 25.3 Å². The van der Waals surface area contributed by atoms with E-state index in [9.17, 15) is 9.59 Å². The fourth-order valence-corrected chi connectivity index (χ4v) is 5.24. The zero-order valence-electron chi connectivity index (χ0n) is 18.7. The molecule has 0 spiro atoms. The molecule has 6 unspecified atom stereocenters. The predicted octanol–water partition coefficient (Wildman–Crippen LogP) is 2.56. The van der Waals surface area contributed by atoms with Crippen LogP contribution in [0.4, 0.5) is 5.69 Å². The molecule has 174 valence electrons. The Labute approximate surface area is 197 Å². The third-order valence-electron chi connectivity index (χ3n) is 6.78. The Bertz CT molecular complexity index is 1100. The van der Waals surface area contributed by atoms with E-state index in [0.717, 1.165) is 12.1 Å². The number of nitrogens with zero attached hydrogens (tertiary/aromatic N) is 3. The van der Waals surface area contributed by atoms with Gasteiger partial charge >= 0.3 is 0 Å². The average molecular weight is 470 g/mol. The number of nitriles is 1. The summed E-state index contributed by atoms with van der Waals surface area (Å²) in [7, 11) is 1.56. The van der Waals surface area contributed by atoms with Crippen LogP contribution in [-0.2, 0) is 23.2 Å². The topological polar surface area (TPSA) is 109 Å². The number of piperidine rings is 1. The fraction of sp³-hybridized carbons (Fsp3) is 0.500. The van der Waals surface area contributed by atoms with Gasteiger partial charge in [-0.05, 0) is 56.4 Å². The normalized spacial score (nSPS) is 27.7. The van der Waals surface area contributed by atoms with Crippen molar-refractivity contribution in [3.05, 3.63) is 58.3 Å². The van der Waals surface area contributed by atoms with Gasteiger partial charge in [0.25, 0.3) is 5.56 Å². The summed E-state index contributed by atoms with van der Waals surface area (Å²) < 4.78 is 7.35. The minimum atomic E-state index is -0.290. The first kappa shape index (κ1) is 23.3. The van der Waals surface area contributed by atoms with Gasteiger partial charge < -0.3 is 19.9 Å². The molecule has 2 aromatic rings. The number of anilines is 1. The van der Waals surface area contributed by atoms with Gasteiger partial charge in [-0.25, -0.2) is 0 Å². The zero-order valence-corrected chi connectivity index (χ0v) is 19.5. The second kappa shape index (κ2) is 9.94. The highest BCUT2D eigenvalue weighted by Gasteiger charge is 2.44. The van der Waals surface area contributed by atoms with E-state index >= 15 is 0 Å². The summed E-state index contributed by atoms with van der Waals surface area (Å²) in [6.45, 7) is 2.30. The standard InChI is InChI=1S/C24H28ClN5O3/c1-14(28-20-7-6-17(12-26)30(2)24(20)32)18-9-15-10-19(25)22(11-21(15)29-23(18)31)33-13-16-5-3-4-8-27-16/h3-8,14-15,18-19,21-22,28H,9-11,13H2,1-2H3,(H,29,31). The van der Waals surface area contributed by atoms with E-state index in [1.807, 2.05) is 31.2 Å². The number of alkyl halides is 1. The number of nitrogens with one attached hydrogen (secondary N) is 2. The quantitative estimate of drug-likeness (QED) is 0.629. The molecular formula is C24H28ClN5O3. The fourth-order valence-electron chi connectivity index (χ4n) is 4.84. The SMILES string of the molecule is CC(Nc1ccc(C#N)n(C)c1=O)C1CC2CC(Cl)C(OCc3ccccn3)CC2NC1=O. The molecule has 2 aliphatic rings. The lowest BCUT2D eigenvalue weighted by Crippen LogP contribution is -2.57. The number of aromatic nitrogens is 2. The van der Waals surface area contributed by atoms with Gasteiger partial charge in [0.05, 0.1) is 29.7 Å². The third kappa shape index (κ3) is 5.05. The Morgan fingerprint density at radius 1 is 1.30 bits per heavy atom. The van der Waals surface area contributed by atoms with Crippen molar-refractivity contribution in [3.63, 3.8) is 0 Å². The summed E-state index contributed by atoms with van der Waals surface area (Å²) in [5.41, 5.74) is 1.22. The van der Waals surface area contributed by atoms with Gasteiger partial charge in [0.15, 0.2) is 0 Å². The number of hydrogen-bond acceptors (Lipinski definition) is 6. The number of amides is 1. The molecule has 0 radical (unpaired) electrons. The molecule has 8 nitrogen and oxygen atoms in total. The first-order chi connectivity index (χ1) is 15.9. The van der Waals surface area contributed by atoms with Crippen LogP contribution in [0, 0.1) is 23.2 Å². The van der Waals surface area contributed by atoms with Crippen molar-refractivity contribution in [2.75, 3.05) is 5.32 Å². The van der Waals surface area contributed by atoms with Crippen molar-refractivity contribution in [1.82, 2.24) is 14.9 Å². The van der Waals surface area contributed by atoms with Crippen molar-refractivity contribution >= 4 is 23.2 Å². The number of rotatable bonds is 6. The minimum absolute atomic E-state index is 0.0208. The summed E-state index contributed by atoms with van der Waals surface area (Å²) in [5.74, 6) is -0.0716. The van der Waals surface area contributed by atoms with Crippen LogP contribution in [0.15, 0.2) is 41.3 Å². The molecule has 1 aliphatic heterocycles. The van der Waals surface area contributed by atoms with Gasteiger partial charge in [-0.3, -0.25) is 14.6 Å². The molecular weight excluding hydrogens is 442 g/mol. The number of fused-ring (bicyclic) bond motifs is 1. The minimum Gasteiger partial charge on any atom is -0.377 e. The maximum atomic E-state index is 12.9. The van der Waals surface area contributed by atoms with E-state index < -0.39 is 0 Å². The Morgan fingerprint density at radius 3 is 2.85 bits per heavy atom. The Hall–Kier alpha value is -2.89. The molecule has 0 aromatic carbocycles. The van der Waals surface area contributed by atoms with Crippen molar-refractivity contribution in [1.29, 1.82) is 5.26 Å². The number of ether oxygens (including phenoxy) is 1. The first-order valence-corrected chi connectivity index (χ1v) is 11.6. The van der Waals surface area contributed by atoms with Gasteiger partial charge in [-0.1, -0.05) is 6.07 Å². The number of halogens is 1. The van der Waals surface area contributed by atoms with Crippen LogP contribution in [0.25, 0.3) is 0 Å². The van der Waals surface area contributed by atoms with Crippen LogP contribution >= 0.6 is 11.6 Å². The van der Waals surface area contributed by atoms with Crippen LogP contribution < -0.4 is 16.2 Å². The first-order valence-electron chi connectivity index (χ1n) is 11.2. The van der Waals surface area contributed by atoms with Crippen molar-refractivity contribution in [2.24, 2.45) is 18.9 Å². The van der Waals surface area contributed by atoms with E-state index in [2.05, 4.69) is 15.6 Å². The Morgan fingerprint density at radius 2 is 2.12 bits per heavy atom. The summed E-state index contributed by atoms with van der Waals surface area (Å²) in [5, 5.41) is 15.3. The van der Waals surface area contributed by atoms with E-state index in [0.29, 0.717) is 25.1 Å². The molecule has 1 saturated carbocycles. The summed E-state index contributed by atoms with van der Waals surface area (Å²) >= 11 is 6.68. The highest BCUT2D eigenvalue weighted by Crippen LogP contribution is 2.38. The molecule has 1 aliphatic carbocycles. The molecule has 9 heteroatoms.